The van der Waals surface area contributed by atoms with Gasteiger partial charge in [-0.05, 0) is 6.42 Å². The van der Waals surface area contributed by atoms with E-state index in [1.165, 1.54) is 5.69 Å². The summed E-state index contributed by atoms with van der Waals surface area (Å²) in [6.45, 7) is 2.96. The van der Waals surface area contributed by atoms with E-state index in [1.807, 2.05) is 37.5 Å². The molecule has 0 aromatic carbocycles. The molecule has 19 heavy (non-hydrogen) atoms. The molecule has 1 saturated heterocycles. The Hall–Kier alpha value is -1.82. The number of hydrogen-bond donors (Lipinski definition) is 1. The zero-order valence-corrected chi connectivity index (χ0v) is 11.5. The lowest BCUT2D eigenvalue weighted by Crippen LogP contribution is -2.32. The van der Waals surface area contributed by atoms with Crippen LogP contribution >= 0.6 is 0 Å². The number of aryl methyl sites for hydroxylation is 2. The van der Waals surface area contributed by atoms with E-state index < -0.39 is 0 Å². The summed E-state index contributed by atoms with van der Waals surface area (Å²) in [5, 5.41) is 8.05. The summed E-state index contributed by atoms with van der Waals surface area (Å²) in [6, 6.07) is 2.60. The highest BCUT2D eigenvalue weighted by molar-refractivity contribution is 5.38. The third kappa shape index (κ3) is 2.63. The molecule has 0 aliphatic carbocycles. The van der Waals surface area contributed by atoms with Crippen LogP contribution in [0.5, 0.6) is 0 Å². The molecule has 1 N–H and O–H groups in total. The molecule has 1 fully saturated rings. The van der Waals surface area contributed by atoms with Crippen LogP contribution in [0.25, 0.3) is 0 Å². The molecular weight excluding hydrogens is 240 g/mol. The Balaban J connectivity index is 1.53. The van der Waals surface area contributed by atoms with Crippen LogP contribution < -0.4 is 10.2 Å². The first-order chi connectivity index (χ1) is 9.22. The van der Waals surface area contributed by atoms with Crippen molar-refractivity contribution in [1.82, 2.24) is 24.6 Å². The Morgan fingerprint density at radius 2 is 2.32 bits per heavy atom. The third-order valence-electron chi connectivity index (χ3n) is 3.70. The van der Waals surface area contributed by atoms with Gasteiger partial charge in [0.2, 0.25) is 0 Å². The van der Waals surface area contributed by atoms with Gasteiger partial charge in [-0.25, -0.2) is 4.98 Å². The number of anilines is 1. The number of nitrogens with zero attached hydrogens (tertiary/aromatic N) is 5. The molecule has 1 atom stereocenters. The van der Waals surface area contributed by atoms with Crippen LogP contribution in [0.3, 0.4) is 0 Å². The van der Waals surface area contributed by atoms with Crippen molar-refractivity contribution in [2.75, 3.05) is 18.0 Å². The van der Waals surface area contributed by atoms with Crippen molar-refractivity contribution in [2.24, 2.45) is 14.1 Å². The van der Waals surface area contributed by atoms with E-state index in [4.69, 9.17) is 0 Å². The fourth-order valence-corrected chi connectivity index (χ4v) is 2.51. The average Bonchev–Trinajstić information content (AvgIpc) is 3.08. The zero-order valence-electron chi connectivity index (χ0n) is 11.5. The Kier molecular flexibility index (Phi) is 3.25. The van der Waals surface area contributed by atoms with E-state index >= 15 is 0 Å². The van der Waals surface area contributed by atoms with Gasteiger partial charge in [0.1, 0.15) is 0 Å². The third-order valence-corrected chi connectivity index (χ3v) is 3.70. The van der Waals surface area contributed by atoms with Crippen LogP contribution in [0.15, 0.2) is 24.8 Å². The Labute approximate surface area is 113 Å². The monoisotopic (exact) mass is 260 g/mol. The molecule has 1 unspecified atom stereocenters. The first-order valence-electron chi connectivity index (χ1n) is 6.65. The van der Waals surface area contributed by atoms with E-state index in [9.17, 15) is 0 Å². The first kappa shape index (κ1) is 12.2. The number of rotatable bonds is 4. The summed E-state index contributed by atoms with van der Waals surface area (Å²) in [5.74, 6) is 1.08. The number of imidazole rings is 1. The highest BCUT2D eigenvalue weighted by Gasteiger charge is 2.23. The van der Waals surface area contributed by atoms with E-state index in [0.717, 1.165) is 31.9 Å². The summed E-state index contributed by atoms with van der Waals surface area (Å²) in [6.07, 6.45) is 6.91. The van der Waals surface area contributed by atoms with Crippen LogP contribution in [0, 0.1) is 0 Å². The van der Waals surface area contributed by atoms with Gasteiger partial charge in [-0.15, -0.1) is 0 Å². The van der Waals surface area contributed by atoms with Crippen LogP contribution in [0.1, 0.15) is 12.1 Å². The standard InChI is InChI=1S/C13H20N6/c1-17-10-14-7-12(17)8-15-11-3-6-19(9-11)13-4-5-18(2)16-13/h4-5,7,10-11,15H,3,6,8-9H2,1-2H3. The molecule has 0 spiro atoms. The number of nitrogens with one attached hydrogen (secondary N) is 1. The Morgan fingerprint density at radius 3 is 3.00 bits per heavy atom. The van der Waals surface area contributed by atoms with E-state index in [1.54, 1.807) is 0 Å². The van der Waals surface area contributed by atoms with Crippen LogP contribution in [0.4, 0.5) is 5.82 Å². The van der Waals surface area contributed by atoms with Crippen molar-refractivity contribution < 1.29 is 0 Å². The van der Waals surface area contributed by atoms with Gasteiger partial charge in [0.05, 0.1) is 12.0 Å². The molecule has 3 heterocycles. The molecule has 0 bridgehead atoms. The Morgan fingerprint density at radius 1 is 1.42 bits per heavy atom. The molecular formula is C13H20N6. The largest absolute Gasteiger partial charge is 0.354 e. The van der Waals surface area contributed by atoms with Crippen molar-refractivity contribution in [3.63, 3.8) is 0 Å². The van der Waals surface area contributed by atoms with Gasteiger partial charge in [0, 0.05) is 58.2 Å². The van der Waals surface area contributed by atoms with Crippen LogP contribution in [-0.2, 0) is 20.6 Å². The van der Waals surface area contributed by atoms with Crippen molar-refractivity contribution in [1.29, 1.82) is 0 Å². The molecule has 0 radical (unpaired) electrons. The van der Waals surface area contributed by atoms with E-state index in [0.29, 0.717) is 6.04 Å². The molecule has 1 aliphatic rings. The second kappa shape index (κ2) is 5.05. The van der Waals surface area contributed by atoms with Gasteiger partial charge < -0.3 is 14.8 Å². The fraction of sp³-hybridized carbons (Fsp3) is 0.538. The number of hydrogen-bond acceptors (Lipinski definition) is 4. The lowest BCUT2D eigenvalue weighted by molar-refractivity contribution is 0.537. The maximum absolute atomic E-state index is 4.45. The van der Waals surface area contributed by atoms with Crippen LogP contribution in [-0.4, -0.2) is 38.5 Å². The van der Waals surface area contributed by atoms with Crippen molar-refractivity contribution in [2.45, 2.75) is 19.0 Å². The quantitative estimate of drug-likeness (QED) is 0.871. The van der Waals surface area contributed by atoms with Crippen molar-refractivity contribution >= 4 is 5.82 Å². The second-order valence-electron chi connectivity index (χ2n) is 5.16. The SMILES string of the molecule is Cn1ccc(N2CCC(NCc3cncn3C)C2)n1. The van der Waals surface area contributed by atoms with E-state index in [-0.39, 0.29) is 0 Å². The van der Waals surface area contributed by atoms with Gasteiger partial charge in [-0.1, -0.05) is 0 Å². The topological polar surface area (TPSA) is 50.9 Å². The molecule has 2 aromatic heterocycles. The van der Waals surface area contributed by atoms with Gasteiger partial charge in [-0.2, -0.15) is 5.10 Å². The minimum Gasteiger partial charge on any atom is -0.354 e. The van der Waals surface area contributed by atoms with Gasteiger partial charge in [0.15, 0.2) is 5.82 Å². The Bertz CT molecular complexity index is 543. The average molecular weight is 260 g/mol. The number of aromatic nitrogens is 4. The van der Waals surface area contributed by atoms with Crippen LogP contribution in [0.2, 0.25) is 0 Å². The fourth-order valence-electron chi connectivity index (χ4n) is 2.51. The highest BCUT2D eigenvalue weighted by atomic mass is 15.3. The normalized spacial score (nSPS) is 19.3. The highest BCUT2D eigenvalue weighted by Crippen LogP contribution is 2.17. The first-order valence-corrected chi connectivity index (χ1v) is 6.65. The summed E-state index contributed by atoms with van der Waals surface area (Å²) in [5.41, 5.74) is 1.22. The molecule has 1 aliphatic heterocycles. The second-order valence-corrected chi connectivity index (χ2v) is 5.16. The minimum absolute atomic E-state index is 0.525. The summed E-state index contributed by atoms with van der Waals surface area (Å²) < 4.78 is 3.91. The maximum atomic E-state index is 4.45. The van der Waals surface area contributed by atoms with Gasteiger partial charge >= 0.3 is 0 Å². The zero-order chi connectivity index (χ0) is 13.2. The smallest absolute Gasteiger partial charge is 0.150 e. The molecule has 0 amide bonds. The van der Waals surface area contributed by atoms with Gasteiger partial charge in [0.25, 0.3) is 0 Å². The molecule has 2 aromatic rings. The summed E-state index contributed by atoms with van der Waals surface area (Å²) >= 11 is 0. The van der Waals surface area contributed by atoms with Gasteiger partial charge in [-0.3, -0.25) is 4.68 Å². The minimum atomic E-state index is 0.525. The predicted octanol–water partition coefficient (Wildman–Crippen LogP) is 0.522. The lowest BCUT2D eigenvalue weighted by Gasteiger charge is -2.16. The van der Waals surface area contributed by atoms with E-state index in [2.05, 4.69) is 30.9 Å². The lowest BCUT2D eigenvalue weighted by atomic mass is 10.2. The predicted molar refractivity (Wildman–Crippen MR) is 73.9 cm³/mol. The molecule has 6 nitrogen and oxygen atoms in total. The summed E-state index contributed by atoms with van der Waals surface area (Å²) in [7, 11) is 3.98. The van der Waals surface area contributed by atoms with Crippen molar-refractivity contribution in [3.8, 4) is 0 Å². The molecule has 6 heteroatoms. The molecule has 102 valence electrons. The molecule has 3 rings (SSSR count). The maximum Gasteiger partial charge on any atom is 0.150 e. The molecule has 0 saturated carbocycles. The van der Waals surface area contributed by atoms with Crippen molar-refractivity contribution in [3.05, 3.63) is 30.5 Å². The summed E-state index contributed by atoms with van der Waals surface area (Å²) in [4.78, 5) is 6.47.